The van der Waals surface area contributed by atoms with Gasteiger partial charge in [-0.05, 0) is 45.0 Å². The summed E-state index contributed by atoms with van der Waals surface area (Å²) in [5.74, 6) is 0.415. The van der Waals surface area contributed by atoms with Crippen LogP contribution < -0.4 is 10.4 Å². The van der Waals surface area contributed by atoms with Crippen molar-refractivity contribution in [3.63, 3.8) is 0 Å². The van der Waals surface area contributed by atoms with Crippen molar-refractivity contribution < 1.29 is 14.2 Å². The summed E-state index contributed by atoms with van der Waals surface area (Å²) in [6, 6.07) is 8.15. The maximum Gasteiger partial charge on any atom is 0.350 e. The van der Waals surface area contributed by atoms with Crippen molar-refractivity contribution in [1.29, 1.82) is 0 Å². The molecule has 1 saturated carbocycles. The second-order valence-corrected chi connectivity index (χ2v) is 9.87. The highest BCUT2D eigenvalue weighted by Crippen LogP contribution is 2.51. The number of piperidine rings is 2. The number of rotatable bonds is 4. The fraction of sp³-hybridized carbons (Fsp3) is 0.458. The molecule has 9 nitrogen and oxygen atoms in total. The van der Waals surface area contributed by atoms with E-state index in [1.807, 2.05) is 14.0 Å². The fourth-order valence-electron chi connectivity index (χ4n) is 5.07. The van der Waals surface area contributed by atoms with Gasteiger partial charge in [-0.15, -0.1) is 10.2 Å². The fourth-order valence-corrected chi connectivity index (χ4v) is 5.07. The Bertz CT molecular complexity index is 1300. The molecule has 2 aromatic heterocycles. The van der Waals surface area contributed by atoms with Crippen LogP contribution in [0.15, 0.2) is 41.5 Å². The molecule has 0 unspecified atom stereocenters. The summed E-state index contributed by atoms with van der Waals surface area (Å²) < 4.78 is 22.8. The van der Waals surface area contributed by atoms with Crippen molar-refractivity contribution in [2.45, 2.75) is 44.5 Å². The van der Waals surface area contributed by atoms with Crippen molar-refractivity contribution in [3.8, 4) is 34.3 Å². The molecule has 10 heteroatoms. The molecule has 2 bridgehead atoms. The van der Waals surface area contributed by atoms with E-state index in [1.165, 1.54) is 17.0 Å². The molecule has 0 radical (unpaired) electrons. The Morgan fingerprint density at radius 1 is 1.15 bits per heavy atom. The zero-order chi connectivity index (χ0) is 24.3. The number of ether oxygens (including phenoxy) is 1. The van der Waals surface area contributed by atoms with E-state index in [-0.39, 0.29) is 22.9 Å². The molecule has 1 aliphatic carbocycles. The monoisotopic (exact) mass is 466 g/mol. The Morgan fingerprint density at radius 3 is 2.59 bits per heavy atom. The van der Waals surface area contributed by atoms with Gasteiger partial charge in [-0.25, -0.2) is 14.2 Å². The second-order valence-electron chi connectivity index (χ2n) is 9.87. The van der Waals surface area contributed by atoms with Crippen molar-refractivity contribution in [3.05, 3.63) is 47.1 Å². The first-order valence-corrected chi connectivity index (χ1v) is 11.2. The Morgan fingerprint density at radius 2 is 1.94 bits per heavy atom. The molecule has 3 aromatic rings. The van der Waals surface area contributed by atoms with Crippen molar-refractivity contribution in [2.75, 3.05) is 13.6 Å². The van der Waals surface area contributed by atoms with Gasteiger partial charge in [-0.3, -0.25) is 9.47 Å². The van der Waals surface area contributed by atoms with Crippen LogP contribution in [-0.2, 0) is 7.05 Å². The number of hydrogen-bond acceptors (Lipinski definition) is 8. The summed E-state index contributed by atoms with van der Waals surface area (Å²) in [6.45, 7) is 4.77. The first-order chi connectivity index (χ1) is 16.1. The molecule has 0 amide bonds. The Labute approximate surface area is 196 Å². The number of benzene rings is 1. The third-order valence-corrected chi connectivity index (χ3v) is 7.50. The Balaban J connectivity index is 1.36. The van der Waals surface area contributed by atoms with Crippen molar-refractivity contribution in [2.24, 2.45) is 12.5 Å². The molecule has 6 rings (SSSR count). The van der Waals surface area contributed by atoms with Crippen molar-refractivity contribution >= 4 is 0 Å². The third kappa shape index (κ3) is 3.53. The quantitative estimate of drug-likeness (QED) is 0.626. The Hall–Kier alpha value is -3.40. The lowest BCUT2D eigenvalue weighted by Crippen LogP contribution is -2.72. The second kappa shape index (κ2) is 7.83. The molecule has 4 atom stereocenters. The van der Waals surface area contributed by atoms with E-state index >= 15 is 4.39 Å². The molecule has 1 aromatic carbocycles. The van der Waals surface area contributed by atoms with Gasteiger partial charge in [0.1, 0.15) is 18.2 Å². The van der Waals surface area contributed by atoms with Crippen LogP contribution in [0.1, 0.15) is 26.7 Å². The van der Waals surface area contributed by atoms with Crippen LogP contribution in [0.3, 0.4) is 0 Å². The van der Waals surface area contributed by atoms with E-state index in [4.69, 9.17) is 4.74 Å². The van der Waals surface area contributed by atoms with Crippen LogP contribution in [-0.4, -0.2) is 66.1 Å². The lowest BCUT2D eigenvalue weighted by atomic mass is 9.60. The van der Waals surface area contributed by atoms with Crippen molar-refractivity contribution in [1.82, 2.24) is 29.6 Å². The number of halogens is 1. The average molecular weight is 467 g/mol. The van der Waals surface area contributed by atoms with Gasteiger partial charge >= 0.3 is 5.69 Å². The normalized spacial score (nSPS) is 28.7. The summed E-state index contributed by atoms with van der Waals surface area (Å²) in [6.07, 6.45) is 1.32. The number of alkyl halides is 1. The van der Waals surface area contributed by atoms with E-state index < -0.39 is 23.5 Å². The van der Waals surface area contributed by atoms with Gasteiger partial charge in [0, 0.05) is 36.2 Å². The van der Waals surface area contributed by atoms with Crippen LogP contribution in [0, 0.1) is 5.41 Å². The molecular formula is C24H27FN6O3. The highest BCUT2D eigenvalue weighted by molar-refractivity contribution is 5.71. The van der Waals surface area contributed by atoms with Gasteiger partial charge in [0.2, 0.25) is 5.88 Å². The zero-order valence-electron chi connectivity index (χ0n) is 19.6. The van der Waals surface area contributed by atoms with E-state index in [1.54, 1.807) is 31.3 Å². The summed E-state index contributed by atoms with van der Waals surface area (Å²) in [5.41, 5.74) is 0.0943. The maximum atomic E-state index is 15.5. The smallest absolute Gasteiger partial charge is 0.350 e. The SMILES string of the molecule is CN1C[C@@]2(C)CC[C@]1(C)[C@H](F)[C@H]2Oc1ccc(-c2ccc(-c3ncn(C)c(=O)n3)cc2O)nn1. The van der Waals surface area contributed by atoms with Crippen LogP contribution in [0.25, 0.3) is 22.6 Å². The summed E-state index contributed by atoms with van der Waals surface area (Å²) >= 11 is 0. The summed E-state index contributed by atoms with van der Waals surface area (Å²) in [4.78, 5) is 21.9. The lowest BCUT2D eigenvalue weighted by Gasteiger charge is -2.61. The predicted octanol–water partition coefficient (Wildman–Crippen LogP) is 2.59. The third-order valence-electron chi connectivity index (χ3n) is 7.50. The molecule has 34 heavy (non-hydrogen) atoms. The van der Waals surface area contributed by atoms with Crippen LogP contribution in [0.4, 0.5) is 4.39 Å². The molecule has 1 N–H and O–H groups in total. The minimum Gasteiger partial charge on any atom is -0.507 e. The number of phenolic OH excluding ortho intramolecular Hbond substituents is 1. The van der Waals surface area contributed by atoms with E-state index in [0.717, 1.165) is 19.4 Å². The van der Waals surface area contributed by atoms with Gasteiger partial charge in [-0.1, -0.05) is 13.0 Å². The molecule has 0 spiro atoms. The highest BCUT2D eigenvalue weighted by Gasteiger charge is 2.61. The molecule has 4 heterocycles. The van der Waals surface area contributed by atoms with E-state index in [2.05, 4.69) is 32.0 Å². The first-order valence-electron chi connectivity index (χ1n) is 11.2. The van der Waals surface area contributed by atoms with Crippen LogP contribution in [0.2, 0.25) is 0 Å². The summed E-state index contributed by atoms with van der Waals surface area (Å²) in [5, 5.41) is 18.9. The number of hydrogen-bond donors (Lipinski definition) is 1. The molecule has 3 aliphatic rings. The number of nitrogens with zero attached hydrogens (tertiary/aromatic N) is 6. The number of aromatic nitrogens is 5. The largest absolute Gasteiger partial charge is 0.507 e. The summed E-state index contributed by atoms with van der Waals surface area (Å²) in [7, 11) is 3.53. The lowest BCUT2D eigenvalue weighted by molar-refractivity contribution is -0.177. The minimum atomic E-state index is -1.14. The van der Waals surface area contributed by atoms with Gasteiger partial charge in [0.15, 0.2) is 12.0 Å². The molecular weight excluding hydrogens is 439 g/mol. The predicted molar refractivity (Wildman–Crippen MR) is 123 cm³/mol. The van der Waals surface area contributed by atoms with Gasteiger partial charge in [-0.2, -0.15) is 4.98 Å². The number of aromatic hydroxyl groups is 1. The molecule has 3 fully saturated rings. The molecule has 2 aliphatic heterocycles. The van der Waals surface area contributed by atoms with Gasteiger partial charge in [0.05, 0.1) is 11.2 Å². The zero-order valence-corrected chi connectivity index (χ0v) is 19.6. The minimum absolute atomic E-state index is 0.0540. The van der Waals surface area contributed by atoms with E-state index in [0.29, 0.717) is 16.8 Å². The van der Waals surface area contributed by atoms with Crippen LogP contribution in [0.5, 0.6) is 11.6 Å². The van der Waals surface area contributed by atoms with Gasteiger partial charge in [0.25, 0.3) is 0 Å². The van der Waals surface area contributed by atoms with Gasteiger partial charge < -0.3 is 9.84 Å². The molecule has 178 valence electrons. The standard InChI is InChI=1S/C24H27FN6O3/c1-23-9-10-24(2,31(4)12-23)19(25)20(23)34-18-8-7-16(28-29-18)15-6-5-14(11-17(15)32)21-26-13-30(3)22(33)27-21/h5-8,11,13,19-20,32H,9-10,12H2,1-4H3/t19-,20-,23-,24-/m1/s1. The number of phenols is 1. The van der Waals surface area contributed by atoms with Crippen LogP contribution >= 0.6 is 0 Å². The average Bonchev–Trinajstić information content (AvgIpc) is 2.81. The first kappa shape index (κ1) is 22.4. The molecule has 2 saturated heterocycles. The number of aryl methyl sites for hydroxylation is 1. The Kier molecular flexibility index (Phi) is 5.16. The van der Waals surface area contributed by atoms with E-state index in [9.17, 15) is 9.90 Å². The number of fused-ring (bicyclic) bond motifs is 3. The highest BCUT2D eigenvalue weighted by atomic mass is 19.1. The topological polar surface area (TPSA) is 106 Å². The maximum absolute atomic E-state index is 15.5.